The van der Waals surface area contributed by atoms with Gasteiger partial charge in [0.15, 0.2) is 0 Å². The average Bonchev–Trinajstić information content (AvgIpc) is 2.29. The topological polar surface area (TPSA) is 24.5 Å². The lowest BCUT2D eigenvalue weighted by Gasteiger charge is -2.36. The summed E-state index contributed by atoms with van der Waals surface area (Å²) in [5.41, 5.74) is 0. The zero-order valence-corrected chi connectivity index (χ0v) is 10.4. The van der Waals surface area contributed by atoms with E-state index < -0.39 is 12.6 Å². The molecular formula is C11H21F3N2O. The molecule has 0 spiro atoms. The van der Waals surface area contributed by atoms with E-state index in [2.05, 4.69) is 10.2 Å². The van der Waals surface area contributed by atoms with Crippen LogP contribution in [0.4, 0.5) is 13.2 Å². The standard InChI is InChI=1S/C11H21F3N2O/c1-3-16-6-7-17-10(8-16)9(15-2)4-5-11(12,13)14/h9-10,15H,3-8H2,1-2H3. The van der Waals surface area contributed by atoms with E-state index in [1.165, 1.54) is 0 Å². The SMILES string of the molecule is CCN1CCOC(C(CCC(F)(F)F)NC)C1. The maximum Gasteiger partial charge on any atom is 0.389 e. The van der Waals surface area contributed by atoms with E-state index in [0.717, 1.165) is 13.1 Å². The summed E-state index contributed by atoms with van der Waals surface area (Å²) < 4.78 is 42.1. The fourth-order valence-electron chi connectivity index (χ4n) is 2.10. The minimum absolute atomic E-state index is 0.0716. The smallest absolute Gasteiger partial charge is 0.374 e. The second kappa shape index (κ2) is 6.56. The van der Waals surface area contributed by atoms with E-state index in [9.17, 15) is 13.2 Å². The summed E-state index contributed by atoms with van der Waals surface area (Å²) in [6.45, 7) is 5.13. The van der Waals surface area contributed by atoms with Gasteiger partial charge in [-0.2, -0.15) is 13.2 Å². The van der Waals surface area contributed by atoms with Crippen LogP contribution in [0.1, 0.15) is 19.8 Å². The van der Waals surface area contributed by atoms with Gasteiger partial charge in [-0.05, 0) is 20.0 Å². The Morgan fingerprint density at radius 3 is 2.71 bits per heavy atom. The molecule has 0 radical (unpaired) electrons. The molecule has 1 N–H and O–H groups in total. The number of nitrogens with one attached hydrogen (secondary N) is 1. The molecule has 2 unspecified atom stereocenters. The first-order chi connectivity index (χ1) is 7.96. The van der Waals surface area contributed by atoms with Gasteiger partial charge in [-0.1, -0.05) is 6.92 Å². The van der Waals surface area contributed by atoms with Crippen molar-refractivity contribution in [3.63, 3.8) is 0 Å². The lowest BCUT2D eigenvalue weighted by Crippen LogP contribution is -2.51. The van der Waals surface area contributed by atoms with Crippen LogP contribution < -0.4 is 5.32 Å². The highest BCUT2D eigenvalue weighted by Crippen LogP contribution is 2.24. The van der Waals surface area contributed by atoms with Gasteiger partial charge < -0.3 is 10.1 Å². The summed E-state index contributed by atoms with van der Waals surface area (Å²) in [7, 11) is 1.69. The summed E-state index contributed by atoms with van der Waals surface area (Å²) in [6, 6.07) is -0.231. The first-order valence-corrected chi connectivity index (χ1v) is 6.04. The highest BCUT2D eigenvalue weighted by Gasteiger charge is 2.32. The molecule has 1 heterocycles. The fraction of sp³-hybridized carbons (Fsp3) is 1.00. The summed E-state index contributed by atoms with van der Waals surface area (Å²) in [4.78, 5) is 2.20. The molecule has 17 heavy (non-hydrogen) atoms. The molecule has 2 atom stereocenters. The quantitative estimate of drug-likeness (QED) is 0.807. The van der Waals surface area contributed by atoms with Crippen molar-refractivity contribution in [2.24, 2.45) is 0 Å². The lowest BCUT2D eigenvalue weighted by atomic mass is 10.0. The van der Waals surface area contributed by atoms with Crippen LogP contribution in [0.2, 0.25) is 0 Å². The molecule has 0 amide bonds. The molecule has 3 nitrogen and oxygen atoms in total. The summed E-state index contributed by atoms with van der Waals surface area (Å²) in [5, 5.41) is 2.94. The van der Waals surface area contributed by atoms with Crippen molar-refractivity contribution in [3.05, 3.63) is 0 Å². The van der Waals surface area contributed by atoms with E-state index in [1.807, 2.05) is 6.92 Å². The molecule has 1 fully saturated rings. The number of hydrogen-bond acceptors (Lipinski definition) is 3. The predicted molar refractivity (Wildman–Crippen MR) is 60.0 cm³/mol. The lowest BCUT2D eigenvalue weighted by molar-refractivity contribution is -0.139. The fourth-order valence-corrected chi connectivity index (χ4v) is 2.10. The summed E-state index contributed by atoms with van der Waals surface area (Å²) >= 11 is 0. The summed E-state index contributed by atoms with van der Waals surface area (Å²) in [6.07, 6.45) is -4.92. The van der Waals surface area contributed by atoms with Gasteiger partial charge in [-0.25, -0.2) is 0 Å². The molecule has 1 aliphatic rings. The maximum absolute atomic E-state index is 12.2. The normalized spacial score (nSPS) is 24.9. The minimum atomic E-state index is -4.09. The van der Waals surface area contributed by atoms with Crippen molar-refractivity contribution >= 4 is 0 Å². The van der Waals surface area contributed by atoms with Crippen LogP contribution in [-0.2, 0) is 4.74 Å². The molecular weight excluding hydrogens is 233 g/mol. The summed E-state index contributed by atoms with van der Waals surface area (Å²) in [5.74, 6) is 0. The molecule has 6 heteroatoms. The van der Waals surface area contributed by atoms with E-state index in [0.29, 0.717) is 13.2 Å². The average molecular weight is 254 g/mol. The first-order valence-electron chi connectivity index (χ1n) is 6.04. The van der Waals surface area contributed by atoms with E-state index in [-0.39, 0.29) is 18.6 Å². The Labute approximate surface area is 100 Å². The van der Waals surface area contributed by atoms with Gasteiger partial charge in [-0.15, -0.1) is 0 Å². The van der Waals surface area contributed by atoms with Crippen molar-refractivity contribution in [2.75, 3.05) is 33.3 Å². The molecule has 0 aliphatic carbocycles. The molecule has 0 aromatic heterocycles. The monoisotopic (exact) mass is 254 g/mol. The predicted octanol–water partition coefficient (Wildman–Crippen LogP) is 1.64. The van der Waals surface area contributed by atoms with Crippen molar-refractivity contribution < 1.29 is 17.9 Å². The van der Waals surface area contributed by atoms with Crippen LogP contribution in [0.25, 0.3) is 0 Å². The Morgan fingerprint density at radius 2 is 2.18 bits per heavy atom. The Bertz CT molecular complexity index is 223. The van der Waals surface area contributed by atoms with Crippen LogP contribution in [0.15, 0.2) is 0 Å². The number of rotatable bonds is 5. The van der Waals surface area contributed by atoms with Gasteiger partial charge in [0, 0.05) is 25.6 Å². The van der Waals surface area contributed by atoms with Crippen molar-refractivity contribution in [2.45, 2.75) is 38.1 Å². The molecule has 1 aliphatic heterocycles. The molecule has 0 aromatic rings. The molecule has 1 rings (SSSR count). The molecule has 0 bridgehead atoms. The molecule has 102 valence electrons. The third-order valence-electron chi connectivity index (χ3n) is 3.18. The van der Waals surface area contributed by atoms with E-state index in [1.54, 1.807) is 7.05 Å². The number of ether oxygens (including phenoxy) is 1. The minimum Gasteiger partial charge on any atom is -0.374 e. The maximum atomic E-state index is 12.2. The van der Waals surface area contributed by atoms with Crippen LogP contribution in [0.5, 0.6) is 0 Å². The zero-order valence-electron chi connectivity index (χ0n) is 10.4. The van der Waals surface area contributed by atoms with Gasteiger partial charge in [0.1, 0.15) is 0 Å². The van der Waals surface area contributed by atoms with Crippen molar-refractivity contribution in [1.29, 1.82) is 0 Å². The van der Waals surface area contributed by atoms with Crippen LogP contribution in [0, 0.1) is 0 Å². The highest BCUT2D eigenvalue weighted by molar-refractivity contribution is 4.82. The second-order valence-electron chi connectivity index (χ2n) is 4.35. The van der Waals surface area contributed by atoms with Gasteiger partial charge in [0.05, 0.1) is 12.7 Å². The van der Waals surface area contributed by atoms with E-state index >= 15 is 0 Å². The van der Waals surface area contributed by atoms with Gasteiger partial charge in [0.25, 0.3) is 0 Å². The van der Waals surface area contributed by atoms with Gasteiger partial charge >= 0.3 is 6.18 Å². The van der Waals surface area contributed by atoms with Crippen molar-refractivity contribution in [3.8, 4) is 0 Å². The Balaban J connectivity index is 2.43. The third-order valence-corrected chi connectivity index (χ3v) is 3.18. The van der Waals surface area contributed by atoms with Crippen molar-refractivity contribution in [1.82, 2.24) is 10.2 Å². The Morgan fingerprint density at radius 1 is 1.47 bits per heavy atom. The zero-order chi connectivity index (χ0) is 12.9. The molecule has 1 saturated heterocycles. The number of halogens is 3. The Kier molecular flexibility index (Phi) is 5.69. The highest BCUT2D eigenvalue weighted by atomic mass is 19.4. The van der Waals surface area contributed by atoms with Crippen LogP contribution in [0.3, 0.4) is 0 Å². The number of hydrogen-bond donors (Lipinski definition) is 1. The van der Waals surface area contributed by atoms with Crippen LogP contribution >= 0.6 is 0 Å². The number of alkyl halides is 3. The van der Waals surface area contributed by atoms with E-state index in [4.69, 9.17) is 4.74 Å². The second-order valence-corrected chi connectivity index (χ2v) is 4.35. The van der Waals surface area contributed by atoms with Gasteiger partial charge in [-0.3, -0.25) is 4.90 Å². The third kappa shape index (κ3) is 5.23. The number of nitrogens with zero attached hydrogens (tertiary/aromatic N) is 1. The number of likely N-dealkylation sites (N-methyl/N-ethyl adjacent to an activating group) is 2. The van der Waals surface area contributed by atoms with Gasteiger partial charge in [0.2, 0.25) is 0 Å². The largest absolute Gasteiger partial charge is 0.389 e. The Hall–Kier alpha value is -0.330. The molecule has 0 aromatic carbocycles. The van der Waals surface area contributed by atoms with Crippen LogP contribution in [-0.4, -0.2) is 56.5 Å². The number of morpholine rings is 1. The first kappa shape index (κ1) is 14.7. The molecule has 0 saturated carbocycles.